The van der Waals surface area contributed by atoms with Crippen molar-refractivity contribution >= 4 is 30.7 Å². The average Bonchev–Trinajstić information content (AvgIpc) is 3.26. The van der Waals surface area contributed by atoms with Crippen molar-refractivity contribution in [3.63, 3.8) is 0 Å². The van der Waals surface area contributed by atoms with Gasteiger partial charge in [-0.3, -0.25) is 4.79 Å². The minimum absolute atomic E-state index is 0. The number of carbonyl (C=O) groups is 1. The van der Waals surface area contributed by atoms with Crippen LogP contribution in [0.5, 0.6) is 0 Å². The number of halogens is 2. The summed E-state index contributed by atoms with van der Waals surface area (Å²) in [7, 11) is 0. The summed E-state index contributed by atoms with van der Waals surface area (Å²) >= 11 is 0. The smallest absolute Gasteiger partial charge is 0.237 e. The number of hydrogen-bond donors (Lipinski definition) is 2. The highest BCUT2D eigenvalue weighted by Crippen LogP contribution is 2.33. The number of carbonyl (C=O) groups excluding carboxylic acids is 1. The third-order valence-corrected chi connectivity index (χ3v) is 6.12. The molecule has 3 atom stereocenters. The molecule has 4 fully saturated rings. The molecule has 3 unspecified atom stereocenters. The van der Waals surface area contributed by atoms with Crippen LogP contribution in [0.3, 0.4) is 0 Å². The highest BCUT2D eigenvalue weighted by Gasteiger charge is 2.39. The van der Waals surface area contributed by atoms with Crippen LogP contribution in [-0.2, 0) is 4.79 Å². The molecule has 4 rings (SSSR count). The molecule has 2 saturated heterocycles. The number of nitrogens with zero attached hydrogens (tertiary/aromatic N) is 1. The summed E-state index contributed by atoms with van der Waals surface area (Å²) in [5, 5.41) is 6.92. The highest BCUT2D eigenvalue weighted by atomic mass is 35.5. The number of hydrogen-bond acceptors (Lipinski definition) is 3. The molecule has 2 aliphatic carbocycles. The van der Waals surface area contributed by atoms with E-state index in [9.17, 15) is 4.79 Å². The molecule has 23 heavy (non-hydrogen) atoms. The lowest BCUT2D eigenvalue weighted by Crippen LogP contribution is -2.50. The predicted molar refractivity (Wildman–Crippen MR) is 97.5 cm³/mol. The van der Waals surface area contributed by atoms with Crippen LogP contribution in [0, 0.1) is 5.92 Å². The lowest BCUT2D eigenvalue weighted by Gasteiger charge is -2.32. The Morgan fingerprint density at radius 1 is 0.957 bits per heavy atom. The Labute approximate surface area is 152 Å². The second-order valence-corrected chi connectivity index (χ2v) is 7.66. The van der Waals surface area contributed by atoms with E-state index >= 15 is 0 Å². The molecule has 1 amide bonds. The Balaban J connectivity index is 0.000000960. The Morgan fingerprint density at radius 2 is 1.65 bits per heavy atom. The molecular weight excluding hydrogens is 333 g/mol. The van der Waals surface area contributed by atoms with Crippen molar-refractivity contribution < 1.29 is 4.79 Å². The minimum atomic E-state index is 0. The first-order valence-electron chi connectivity index (χ1n) is 9.10. The second kappa shape index (κ2) is 8.37. The molecule has 6 heteroatoms. The normalized spacial score (nSPS) is 34.9. The maximum Gasteiger partial charge on any atom is 0.237 e. The van der Waals surface area contributed by atoms with Crippen molar-refractivity contribution in [1.82, 2.24) is 15.5 Å². The van der Waals surface area contributed by atoms with E-state index in [-0.39, 0.29) is 36.8 Å². The third-order valence-electron chi connectivity index (χ3n) is 6.12. The zero-order chi connectivity index (χ0) is 14.2. The Hall–Kier alpha value is -0.0300. The summed E-state index contributed by atoms with van der Waals surface area (Å²) in [6.45, 7) is 2.36. The molecule has 0 radical (unpaired) electrons. The second-order valence-electron chi connectivity index (χ2n) is 7.66. The van der Waals surface area contributed by atoms with Crippen LogP contribution in [0.4, 0.5) is 0 Å². The van der Waals surface area contributed by atoms with Gasteiger partial charge < -0.3 is 15.5 Å². The van der Waals surface area contributed by atoms with E-state index in [1.54, 1.807) is 0 Å². The first-order chi connectivity index (χ1) is 10.3. The van der Waals surface area contributed by atoms with E-state index in [2.05, 4.69) is 15.5 Å². The molecule has 2 heterocycles. The lowest BCUT2D eigenvalue weighted by molar-refractivity contribution is -0.123. The maximum atomic E-state index is 12.5. The standard InChI is InChI=1S/C17H29N3O.2ClH/c21-17(16-11-12-3-1-2-4-15(12)19-16)18-13-7-9-20(10-8-13)14-5-6-14;;/h12-16,19H,1-11H2,(H,18,21);2*1H. The van der Waals surface area contributed by atoms with Crippen molar-refractivity contribution in [2.24, 2.45) is 5.92 Å². The zero-order valence-electron chi connectivity index (χ0n) is 13.8. The summed E-state index contributed by atoms with van der Waals surface area (Å²) in [5.74, 6) is 1.03. The first-order valence-corrected chi connectivity index (χ1v) is 9.10. The predicted octanol–water partition coefficient (Wildman–Crippen LogP) is 2.49. The fourth-order valence-electron chi connectivity index (χ4n) is 4.67. The van der Waals surface area contributed by atoms with Crippen molar-refractivity contribution in [1.29, 1.82) is 0 Å². The van der Waals surface area contributed by atoms with E-state index in [1.807, 2.05) is 0 Å². The van der Waals surface area contributed by atoms with Crippen LogP contribution in [0.25, 0.3) is 0 Å². The van der Waals surface area contributed by atoms with Gasteiger partial charge in [0.05, 0.1) is 6.04 Å². The fourth-order valence-corrected chi connectivity index (χ4v) is 4.67. The monoisotopic (exact) mass is 363 g/mol. The van der Waals surface area contributed by atoms with E-state index in [0.717, 1.165) is 31.2 Å². The topological polar surface area (TPSA) is 44.4 Å². The van der Waals surface area contributed by atoms with E-state index in [0.29, 0.717) is 12.1 Å². The molecule has 2 aliphatic heterocycles. The molecule has 4 nitrogen and oxygen atoms in total. The van der Waals surface area contributed by atoms with Crippen LogP contribution in [0.1, 0.15) is 57.8 Å². The molecule has 0 bridgehead atoms. The van der Waals surface area contributed by atoms with Gasteiger partial charge in [0.25, 0.3) is 0 Å². The van der Waals surface area contributed by atoms with Gasteiger partial charge in [0.1, 0.15) is 0 Å². The van der Waals surface area contributed by atoms with Gasteiger partial charge in [0.2, 0.25) is 5.91 Å². The van der Waals surface area contributed by atoms with Crippen LogP contribution in [0.2, 0.25) is 0 Å². The Bertz CT molecular complexity index is 383. The van der Waals surface area contributed by atoms with Crippen molar-refractivity contribution in [3.8, 4) is 0 Å². The lowest BCUT2D eigenvalue weighted by atomic mass is 9.85. The molecule has 2 N–H and O–H groups in total. The third kappa shape index (κ3) is 4.53. The fraction of sp³-hybridized carbons (Fsp3) is 0.941. The molecule has 134 valence electrons. The minimum Gasteiger partial charge on any atom is -0.352 e. The first kappa shape index (κ1) is 19.3. The number of likely N-dealkylation sites (tertiary alicyclic amines) is 1. The van der Waals surface area contributed by atoms with Crippen molar-refractivity contribution in [3.05, 3.63) is 0 Å². The molecule has 0 aromatic heterocycles. The van der Waals surface area contributed by atoms with Gasteiger partial charge in [0.15, 0.2) is 0 Å². The maximum absolute atomic E-state index is 12.5. The van der Waals surface area contributed by atoms with Gasteiger partial charge in [-0.1, -0.05) is 12.8 Å². The van der Waals surface area contributed by atoms with Crippen LogP contribution in [-0.4, -0.2) is 48.1 Å². The molecule has 0 aromatic carbocycles. The van der Waals surface area contributed by atoms with Crippen LogP contribution < -0.4 is 10.6 Å². The molecule has 0 spiro atoms. The molecule has 4 aliphatic rings. The molecule has 0 aromatic rings. The van der Waals surface area contributed by atoms with Gasteiger partial charge in [0, 0.05) is 31.2 Å². The summed E-state index contributed by atoms with van der Waals surface area (Å²) < 4.78 is 0. The summed E-state index contributed by atoms with van der Waals surface area (Å²) in [4.78, 5) is 15.1. The van der Waals surface area contributed by atoms with Gasteiger partial charge in [-0.2, -0.15) is 0 Å². The van der Waals surface area contributed by atoms with E-state index in [1.165, 1.54) is 51.6 Å². The Kier molecular flexibility index (Phi) is 7.02. The van der Waals surface area contributed by atoms with Crippen molar-refractivity contribution in [2.45, 2.75) is 82.0 Å². The van der Waals surface area contributed by atoms with Crippen LogP contribution >= 0.6 is 24.8 Å². The number of nitrogens with one attached hydrogen (secondary N) is 2. The molecule has 2 saturated carbocycles. The van der Waals surface area contributed by atoms with Crippen LogP contribution in [0.15, 0.2) is 0 Å². The summed E-state index contributed by atoms with van der Waals surface area (Å²) in [5.41, 5.74) is 0. The molecular formula is C17H31Cl2N3O. The van der Waals surface area contributed by atoms with Gasteiger partial charge in [-0.25, -0.2) is 0 Å². The van der Waals surface area contributed by atoms with E-state index < -0.39 is 0 Å². The number of fused-ring (bicyclic) bond motifs is 1. The zero-order valence-corrected chi connectivity index (χ0v) is 15.5. The SMILES string of the molecule is Cl.Cl.O=C(NC1CCN(C2CC2)CC1)C1CC2CCCCC2N1. The summed E-state index contributed by atoms with van der Waals surface area (Å²) in [6.07, 6.45) is 11.4. The number of rotatable bonds is 3. The Morgan fingerprint density at radius 3 is 2.30 bits per heavy atom. The largest absolute Gasteiger partial charge is 0.352 e. The number of piperidine rings is 1. The van der Waals surface area contributed by atoms with Crippen molar-refractivity contribution in [2.75, 3.05) is 13.1 Å². The highest BCUT2D eigenvalue weighted by molar-refractivity contribution is 5.85. The quantitative estimate of drug-likeness (QED) is 0.809. The number of amides is 1. The average molecular weight is 364 g/mol. The van der Waals surface area contributed by atoms with E-state index in [4.69, 9.17) is 0 Å². The van der Waals surface area contributed by atoms with Gasteiger partial charge in [-0.05, 0) is 50.9 Å². The summed E-state index contributed by atoms with van der Waals surface area (Å²) in [6, 6.07) is 1.99. The van der Waals surface area contributed by atoms with Gasteiger partial charge >= 0.3 is 0 Å². The van der Waals surface area contributed by atoms with Gasteiger partial charge in [-0.15, -0.1) is 24.8 Å².